The summed E-state index contributed by atoms with van der Waals surface area (Å²) in [6, 6.07) is 7.02. The zero-order chi connectivity index (χ0) is 12.1. The largest absolute Gasteiger partial charge is 0.543 e. The summed E-state index contributed by atoms with van der Waals surface area (Å²) >= 11 is 3.26. The van der Waals surface area contributed by atoms with Crippen LogP contribution in [0.3, 0.4) is 0 Å². The molecule has 5 heteroatoms. The normalized spacial score (nSPS) is 11.0. The molecule has 0 spiro atoms. The van der Waals surface area contributed by atoms with Gasteiger partial charge in [0.1, 0.15) is 0 Å². The first-order valence-corrected chi connectivity index (χ1v) is 5.24. The van der Waals surface area contributed by atoms with Crippen molar-refractivity contribution in [2.24, 2.45) is 0 Å². The molecule has 0 saturated carbocycles. The molecule has 0 atom stereocenters. The number of carbonyl (C=O) groups excluding carboxylic acids is 2. The van der Waals surface area contributed by atoms with Crippen LogP contribution in [0, 0.1) is 0 Å². The van der Waals surface area contributed by atoms with E-state index in [2.05, 4.69) is 21.2 Å². The Bertz CT molecular complexity index is 454. The van der Waals surface area contributed by atoms with Crippen molar-refractivity contribution in [2.45, 2.75) is 6.92 Å². The molecule has 16 heavy (non-hydrogen) atoms. The summed E-state index contributed by atoms with van der Waals surface area (Å²) in [5, 5.41) is 12.9. The number of aliphatic carboxylic acids is 1. The standard InChI is InChI=1S/C11H10BrNO3/c1-7(14)13-10(11(15)16)6-8-3-2-4-9(12)5-8/h2-6H,1H3,(H,13,14)(H,15,16)/p-1/b10-6+. The smallest absolute Gasteiger partial charge is 0.221 e. The fourth-order valence-electron chi connectivity index (χ4n) is 1.10. The average Bonchev–Trinajstić information content (AvgIpc) is 2.15. The van der Waals surface area contributed by atoms with Crippen LogP contribution in [-0.4, -0.2) is 11.9 Å². The first-order valence-electron chi connectivity index (χ1n) is 4.45. The van der Waals surface area contributed by atoms with E-state index in [9.17, 15) is 14.7 Å². The van der Waals surface area contributed by atoms with Crippen LogP contribution in [0.4, 0.5) is 0 Å². The minimum absolute atomic E-state index is 0.259. The van der Waals surface area contributed by atoms with Crippen LogP contribution < -0.4 is 10.4 Å². The van der Waals surface area contributed by atoms with E-state index in [1.807, 2.05) is 6.07 Å². The first kappa shape index (κ1) is 12.4. The van der Waals surface area contributed by atoms with Gasteiger partial charge in [0.25, 0.3) is 0 Å². The Balaban J connectivity index is 3.02. The van der Waals surface area contributed by atoms with Crippen LogP contribution >= 0.6 is 15.9 Å². The molecule has 0 bridgehead atoms. The maximum atomic E-state index is 10.8. The zero-order valence-electron chi connectivity index (χ0n) is 8.49. The molecule has 0 fully saturated rings. The van der Waals surface area contributed by atoms with Gasteiger partial charge in [0.05, 0.1) is 11.7 Å². The molecule has 0 aromatic heterocycles. The van der Waals surface area contributed by atoms with Crippen LogP contribution in [0.15, 0.2) is 34.4 Å². The van der Waals surface area contributed by atoms with Crippen molar-refractivity contribution in [1.29, 1.82) is 0 Å². The lowest BCUT2D eigenvalue weighted by molar-refractivity contribution is -0.299. The molecule has 1 aromatic carbocycles. The van der Waals surface area contributed by atoms with Gasteiger partial charge >= 0.3 is 0 Å². The fourth-order valence-corrected chi connectivity index (χ4v) is 1.52. The molecule has 0 saturated heterocycles. The molecule has 0 aliphatic rings. The molecular weight excluding hydrogens is 274 g/mol. The summed E-state index contributed by atoms with van der Waals surface area (Å²) in [7, 11) is 0. The first-order chi connectivity index (χ1) is 7.49. The highest BCUT2D eigenvalue weighted by molar-refractivity contribution is 9.10. The number of rotatable bonds is 3. The molecule has 0 heterocycles. The highest BCUT2D eigenvalue weighted by Crippen LogP contribution is 2.13. The van der Waals surface area contributed by atoms with Gasteiger partial charge in [-0.2, -0.15) is 0 Å². The van der Waals surface area contributed by atoms with Crippen molar-refractivity contribution in [3.63, 3.8) is 0 Å². The summed E-state index contributed by atoms with van der Waals surface area (Å²) in [5.74, 6) is -1.87. The third kappa shape index (κ3) is 3.86. The highest BCUT2D eigenvalue weighted by atomic mass is 79.9. The fraction of sp³-hybridized carbons (Fsp3) is 0.0909. The maximum Gasteiger partial charge on any atom is 0.221 e. The molecule has 1 amide bonds. The van der Waals surface area contributed by atoms with Gasteiger partial charge in [0.15, 0.2) is 0 Å². The lowest BCUT2D eigenvalue weighted by Crippen LogP contribution is -2.34. The lowest BCUT2D eigenvalue weighted by Gasteiger charge is -2.08. The Kier molecular flexibility index (Phi) is 4.25. The van der Waals surface area contributed by atoms with Crippen molar-refractivity contribution in [3.05, 3.63) is 40.0 Å². The molecular formula is C11H9BrNO3-. The van der Waals surface area contributed by atoms with Gasteiger partial charge in [-0.15, -0.1) is 0 Å². The van der Waals surface area contributed by atoms with Gasteiger partial charge in [-0.1, -0.05) is 28.1 Å². The summed E-state index contributed by atoms with van der Waals surface area (Å²) in [6.07, 6.45) is 1.33. The maximum absolute atomic E-state index is 10.8. The second-order valence-electron chi connectivity index (χ2n) is 3.08. The Labute approximate surface area is 101 Å². The van der Waals surface area contributed by atoms with Gasteiger partial charge in [0.2, 0.25) is 5.91 Å². The van der Waals surface area contributed by atoms with E-state index >= 15 is 0 Å². The number of halogens is 1. The van der Waals surface area contributed by atoms with E-state index < -0.39 is 11.9 Å². The third-order valence-electron chi connectivity index (χ3n) is 1.69. The topological polar surface area (TPSA) is 69.2 Å². The second-order valence-corrected chi connectivity index (χ2v) is 4.00. The van der Waals surface area contributed by atoms with Gasteiger partial charge in [-0.3, -0.25) is 4.79 Å². The monoisotopic (exact) mass is 282 g/mol. The number of nitrogens with one attached hydrogen (secondary N) is 1. The number of carbonyl (C=O) groups is 2. The molecule has 0 unspecified atom stereocenters. The minimum atomic E-state index is -1.42. The van der Waals surface area contributed by atoms with E-state index in [0.717, 1.165) is 4.47 Å². The van der Waals surface area contributed by atoms with E-state index in [-0.39, 0.29) is 5.70 Å². The second kappa shape index (κ2) is 5.46. The quantitative estimate of drug-likeness (QED) is 0.829. The van der Waals surface area contributed by atoms with E-state index in [0.29, 0.717) is 5.56 Å². The number of amides is 1. The van der Waals surface area contributed by atoms with Gasteiger partial charge in [0, 0.05) is 11.4 Å². The van der Waals surface area contributed by atoms with Crippen molar-refractivity contribution < 1.29 is 14.7 Å². The SMILES string of the molecule is CC(=O)N/C(=C/c1cccc(Br)c1)C(=O)[O-]. The zero-order valence-corrected chi connectivity index (χ0v) is 10.1. The number of hydrogen-bond acceptors (Lipinski definition) is 3. The minimum Gasteiger partial charge on any atom is -0.543 e. The van der Waals surface area contributed by atoms with Crippen LogP contribution in [0.2, 0.25) is 0 Å². The van der Waals surface area contributed by atoms with Crippen LogP contribution in [0.5, 0.6) is 0 Å². The van der Waals surface area contributed by atoms with Gasteiger partial charge in [-0.25, -0.2) is 0 Å². The number of carboxylic acid groups (broad SMARTS) is 1. The van der Waals surface area contributed by atoms with Crippen LogP contribution in [0.1, 0.15) is 12.5 Å². The van der Waals surface area contributed by atoms with E-state index in [1.54, 1.807) is 18.2 Å². The van der Waals surface area contributed by atoms with Gasteiger partial charge < -0.3 is 15.2 Å². The van der Waals surface area contributed by atoms with Crippen LogP contribution in [-0.2, 0) is 9.59 Å². The molecule has 0 aliphatic heterocycles. The average molecular weight is 283 g/mol. The van der Waals surface area contributed by atoms with Gasteiger partial charge in [-0.05, 0) is 23.8 Å². The molecule has 0 aliphatic carbocycles. The Hall–Kier alpha value is -1.62. The van der Waals surface area contributed by atoms with Crippen LogP contribution in [0.25, 0.3) is 6.08 Å². The Morgan fingerprint density at radius 3 is 2.62 bits per heavy atom. The summed E-state index contributed by atoms with van der Waals surface area (Å²) < 4.78 is 0.821. The molecule has 0 radical (unpaired) electrons. The predicted molar refractivity (Wildman–Crippen MR) is 60.9 cm³/mol. The van der Waals surface area contributed by atoms with E-state index in [4.69, 9.17) is 0 Å². The lowest BCUT2D eigenvalue weighted by atomic mass is 10.2. The molecule has 1 aromatic rings. The highest BCUT2D eigenvalue weighted by Gasteiger charge is 2.01. The summed E-state index contributed by atoms with van der Waals surface area (Å²) in [5.41, 5.74) is 0.396. The van der Waals surface area contributed by atoms with Crippen molar-refractivity contribution in [3.8, 4) is 0 Å². The molecule has 1 rings (SSSR count). The summed E-state index contributed by atoms with van der Waals surface area (Å²) in [4.78, 5) is 21.5. The molecule has 84 valence electrons. The Morgan fingerprint density at radius 1 is 1.44 bits per heavy atom. The van der Waals surface area contributed by atoms with Crippen molar-refractivity contribution in [1.82, 2.24) is 5.32 Å². The Morgan fingerprint density at radius 2 is 2.12 bits per heavy atom. The predicted octanol–water partition coefficient (Wildman–Crippen LogP) is 0.676. The number of benzene rings is 1. The van der Waals surface area contributed by atoms with Crippen molar-refractivity contribution in [2.75, 3.05) is 0 Å². The number of carboxylic acids is 1. The summed E-state index contributed by atoms with van der Waals surface area (Å²) in [6.45, 7) is 1.23. The number of hydrogen-bond donors (Lipinski definition) is 1. The third-order valence-corrected chi connectivity index (χ3v) is 2.18. The molecule has 1 N–H and O–H groups in total. The van der Waals surface area contributed by atoms with Crippen molar-refractivity contribution >= 4 is 33.9 Å². The molecule has 4 nitrogen and oxygen atoms in total. The van der Waals surface area contributed by atoms with E-state index in [1.165, 1.54) is 13.0 Å².